The van der Waals surface area contributed by atoms with E-state index in [0.29, 0.717) is 5.76 Å². The fourth-order valence-corrected chi connectivity index (χ4v) is 3.95. The largest absolute Gasteiger partial charge is 0.449 e. The zero-order chi connectivity index (χ0) is 13.9. The molecule has 102 valence electrons. The number of hydrogen-bond acceptors (Lipinski definition) is 4. The van der Waals surface area contributed by atoms with Gasteiger partial charge >= 0.3 is 0 Å². The van der Waals surface area contributed by atoms with E-state index in [9.17, 15) is 9.59 Å². The highest BCUT2D eigenvalue weighted by molar-refractivity contribution is 14.1. The van der Waals surface area contributed by atoms with Gasteiger partial charge in [0.05, 0.1) is 18.1 Å². The monoisotopic (exact) mass is 382 g/mol. The van der Waals surface area contributed by atoms with Gasteiger partial charge in [0, 0.05) is 0 Å². The van der Waals surface area contributed by atoms with E-state index in [1.165, 1.54) is 6.21 Å². The van der Waals surface area contributed by atoms with Crippen LogP contribution in [0.4, 0.5) is 0 Å². The fourth-order valence-electron chi connectivity index (χ4n) is 3.51. The number of imide groups is 1. The van der Waals surface area contributed by atoms with Gasteiger partial charge in [-0.15, -0.1) is 0 Å². The van der Waals surface area contributed by atoms with Gasteiger partial charge in [-0.05, 0) is 53.0 Å². The Morgan fingerprint density at radius 1 is 1.20 bits per heavy atom. The zero-order valence-corrected chi connectivity index (χ0v) is 12.6. The molecular formula is C14H11IN2O3. The lowest BCUT2D eigenvalue weighted by Crippen LogP contribution is -2.28. The molecule has 1 saturated carbocycles. The Morgan fingerprint density at radius 2 is 1.85 bits per heavy atom. The molecule has 2 heterocycles. The molecule has 3 aliphatic rings. The first kappa shape index (κ1) is 12.3. The van der Waals surface area contributed by atoms with E-state index >= 15 is 0 Å². The average molecular weight is 382 g/mol. The highest BCUT2D eigenvalue weighted by atomic mass is 127. The van der Waals surface area contributed by atoms with Crippen molar-refractivity contribution in [3.63, 3.8) is 0 Å². The number of hydrazone groups is 1. The maximum atomic E-state index is 12.3. The van der Waals surface area contributed by atoms with Crippen LogP contribution in [-0.4, -0.2) is 23.0 Å². The lowest BCUT2D eigenvalue weighted by molar-refractivity contribution is -0.140. The van der Waals surface area contributed by atoms with Crippen LogP contribution in [0.2, 0.25) is 0 Å². The molecule has 20 heavy (non-hydrogen) atoms. The Morgan fingerprint density at radius 3 is 2.40 bits per heavy atom. The summed E-state index contributed by atoms with van der Waals surface area (Å²) in [5.74, 6) is 0.215. The van der Waals surface area contributed by atoms with Crippen LogP contribution in [0.1, 0.15) is 12.2 Å². The first-order chi connectivity index (χ1) is 9.65. The number of carbonyl (C=O) groups is 2. The molecule has 1 aromatic rings. The van der Waals surface area contributed by atoms with Crippen LogP contribution in [0.5, 0.6) is 0 Å². The summed E-state index contributed by atoms with van der Waals surface area (Å²) in [4.78, 5) is 24.7. The first-order valence-corrected chi connectivity index (χ1v) is 7.58. The third-order valence-electron chi connectivity index (χ3n) is 4.34. The molecule has 1 aliphatic heterocycles. The number of carbonyl (C=O) groups excluding carboxylic acids is 2. The van der Waals surface area contributed by atoms with Gasteiger partial charge in [-0.2, -0.15) is 10.1 Å². The molecule has 2 amide bonds. The quantitative estimate of drug-likeness (QED) is 0.340. The molecule has 1 aromatic heterocycles. The molecule has 6 heteroatoms. The predicted molar refractivity (Wildman–Crippen MR) is 78.6 cm³/mol. The first-order valence-electron chi connectivity index (χ1n) is 6.50. The number of halogens is 1. The number of allylic oxidation sites excluding steroid dienone is 2. The number of fused-ring (bicyclic) bond motifs is 5. The van der Waals surface area contributed by atoms with Crippen molar-refractivity contribution < 1.29 is 14.0 Å². The smallest absolute Gasteiger partial charge is 0.254 e. The molecule has 4 atom stereocenters. The van der Waals surface area contributed by atoms with Gasteiger partial charge in [0.1, 0.15) is 5.76 Å². The van der Waals surface area contributed by atoms with Crippen LogP contribution in [0.25, 0.3) is 0 Å². The standard InChI is InChI=1S/C14H11IN2O3/c15-10-4-3-9(20-10)6-16-17-13(18)11-7-1-2-8(5-7)12(11)14(17)19/h1-4,6-8,11-12H,5H2. The summed E-state index contributed by atoms with van der Waals surface area (Å²) >= 11 is 2.05. The molecule has 4 rings (SSSR count). The van der Waals surface area contributed by atoms with Crippen LogP contribution in [-0.2, 0) is 9.59 Å². The summed E-state index contributed by atoms with van der Waals surface area (Å²) in [7, 11) is 0. The molecule has 5 nitrogen and oxygen atoms in total. The van der Waals surface area contributed by atoms with Gasteiger partial charge in [0.15, 0.2) is 3.77 Å². The van der Waals surface area contributed by atoms with E-state index in [1.54, 1.807) is 12.1 Å². The second-order valence-corrected chi connectivity index (χ2v) is 6.44. The average Bonchev–Trinajstić information content (AvgIpc) is 3.15. The van der Waals surface area contributed by atoms with Gasteiger partial charge in [0.2, 0.25) is 0 Å². The molecule has 0 N–H and O–H groups in total. The van der Waals surface area contributed by atoms with E-state index in [2.05, 4.69) is 17.3 Å². The minimum Gasteiger partial charge on any atom is -0.449 e. The molecule has 0 spiro atoms. The van der Waals surface area contributed by atoms with Crippen molar-refractivity contribution in [3.8, 4) is 0 Å². The molecule has 2 fully saturated rings. The van der Waals surface area contributed by atoms with Gasteiger partial charge in [-0.3, -0.25) is 9.59 Å². The van der Waals surface area contributed by atoms with Crippen molar-refractivity contribution in [1.29, 1.82) is 0 Å². The molecule has 2 aliphatic carbocycles. The summed E-state index contributed by atoms with van der Waals surface area (Å²) in [5.41, 5.74) is 0. The lowest BCUT2D eigenvalue weighted by atomic mass is 9.85. The molecule has 1 saturated heterocycles. The van der Waals surface area contributed by atoms with Crippen LogP contribution >= 0.6 is 22.6 Å². The zero-order valence-electron chi connectivity index (χ0n) is 10.4. The van der Waals surface area contributed by atoms with E-state index in [0.717, 1.165) is 15.2 Å². The van der Waals surface area contributed by atoms with Crippen LogP contribution < -0.4 is 0 Å². The number of rotatable bonds is 2. The maximum absolute atomic E-state index is 12.3. The van der Waals surface area contributed by atoms with Crippen LogP contribution in [0.3, 0.4) is 0 Å². The summed E-state index contributed by atoms with van der Waals surface area (Å²) in [6.07, 6.45) is 6.49. The minimum atomic E-state index is -0.202. The van der Waals surface area contributed by atoms with Gasteiger partial charge in [-0.1, -0.05) is 12.2 Å². The third kappa shape index (κ3) is 1.63. The fraction of sp³-hybridized carbons (Fsp3) is 0.357. The SMILES string of the molecule is O=C1C2C3C=CC(C3)C2C(=O)N1N=Cc1ccc(I)o1. The van der Waals surface area contributed by atoms with Crippen molar-refractivity contribution >= 4 is 40.6 Å². The molecule has 0 radical (unpaired) electrons. The Labute approximate surface area is 128 Å². The van der Waals surface area contributed by atoms with Crippen molar-refractivity contribution in [2.45, 2.75) is 6.42 Å². The van der Waals surface area contributed by atoms with E-state index in [-0.39, 0.29) is 35.5 Å². The van der Waals surface area contributed by atoms with E-state index in [4.69, 9.17) is 4.42 Å². The predicted octanol–water partition coefficient (Wildman–Crippen LogP) is 2.03. The van der Waals surface area contributed by atoms with Gasteiger partial charge in [0.25, 0.3) is 11.8 Å². The summed E-state index contributed by atoms with van der Waals surface area (Å²) < 4.78 is 6.08. The Kier molecular flexibility index (Phi) is 2.63. The second kappa shape index (κ2) is 4.28. The van der Waals surface area contributed by atoms with E-state index in [1.807, 2.05) is 22.6 Å². The van der Waals surface area contributed by atoms with Gasteiger partial charge in [-0.25, -0.2) is 0 Å². The van der Waals surface area contributed by atoms with Gasteiger partial charge < -0.3 is 4.42 Å². The number of amides is 2. The summed E-state index contributed by atoms with van der Waals surface area (Å²) in [5, 5.41) is 5.06. The highest BCUT2D eigenvalue weighted by Crippen LogP contribution is 2.52. The number of hydrogen-bond donors (Lipinski definition) is 0. The van der Waals surface area contributed by atoms with Crippen molar-refractivity contribution in [1.82, 2.24) is 5.01 Å². The third-order valence-corrected chi connectivity index (χ3v) is 4.92. The van der Waals surface area contributed by atoms with Crippen LogP contribution in [0, 0.1) is 27.4 Å². The van der Waals surface area contributed by atoms with Crippen molar-refractivity contribution in [2.75, 3.05) is 0 Å². The van der Waals surface area contributed by atoms with Crippen LogP contribution in [0.15, 0.2) is 33.8 Å². The lowest BCUT2D eigenvalue weighted by Gasteiger charge is -2.13. The molecule has 4 unspecified atom stereocenters. The Hall–Kier alpha value is -1.44. The van der Waals surface area contributed by atoms with Crippen molar-refractivity contribution in [3.05, 3.63) is 33.8 Å². The summed E-state index contributed by atoms with van der Waals surface area (Å²) in [6, 6.07) is 3.55. The second-order valence-electron chi connectivity index (χ2n) is 5.37. The molecular weight excluding hydrogens is 371 g/mol. The normalized spacial score (nSPS) is 34.8. The van der Waals surface area contributed by atoms with E-state index < -0.39 is 0 Å². The minimum absolute atomic E-state index is 0.172. The topological polar surface area (TPSA) is 62.9 Å². The Balaban J connectivity index is 1.60. The number of nitrogens with zero attached hydrogens (tertiary/aromatic N) is 2. The number of furan rings is 1. The molecule has 2 bridgehead atoms. The molecule has 0 aromatic carbocycles. The maximum Gasteiger partial charge on any atom is 0.254 e. The highest BCUT2D eigenvalue weighted by Gasteiger charge is 2.59. The van der Waals surface area contributed by atoms with Crippen molar-refractivity contribution in [2.24, 2.45) is 28.8 Å². The Bertz CT molecular complexity index is 633. The summed E-state index contributed by atoms with van der Waals surface area (Å²) in [6.45, 7) is 0.